The van der Waals surface area contributed by atoms with Crippen molar-refractivity contribution in [2.24, 2.45) is 5.92 Å². The Bertz CT molecular complexity index is 768. The lowest BCUT2D eigenvalue weighted by molar-refractivity contribution is 0.0728. The number of hydrogen-bond donors (Lipinski definition) is 0. The van der Waals surface area contributed by atoms with E-state index in [9.17, 15) is 4.79 Å². The summed E-state index contributed by atoms with van der Waals surface area (Å²) >= 11 is 0. The Morgan fingerprint density at radius 2 is 1.84 bits per heavy atom. The third kappa shape index (κ3) is 3.36. The standard InChI is InChI=1S/C20H24N4O/c1-15-6-9-23(10-7-15)19-12-18(21-14-22-19)20(25)24-11-8-16-4-2-3-5-17(16)13-24/h2-5,12,14-15H,6-11,13H2,1H3. The molecule has 1 amide bonds. The SMILES string of the molecule is CC1CCN(c2cc(C(=O)N3CCc4ccccc4C3)ncn2)CC1. The Kier molecular flexibility index (Phi) is 4.38. The number of nitrogens with zero attached hydrogens (tertiary/aromatic N) is 4. The number of aromatic nitrogens is 2. The molecule has 0 unspecified atom stereocenters. The highest BCUT2D eigenvalue weighted by Gasteiger charge is 2.24. The van der Waals surface area contributed by atoms with Crippen LogP contribution in [0.25, 0.3) is 0 Å². The molecule has 0 saturated carbocycles. The van der Waals surface area contributed by atoms with Gasteiger partial charge in [0.15, 0.2) is 0 Å². The Labute approximate surface area is 148 Å². The molecule has 3 heterocycles. The van der Waals surface area contributed by atoms with Gasteiger partial charge < -0.3 is 9.80 Å². The molecule has 0 spiro atoms. The first-order valence-electron chi connectivity index (χ1n) is 9.14. The van der Waals surface area contributed by atoms with E-state index >= 15 is 0 Å². The number of hydrogen-bond acceptors (Lipinski definition) is 4. The summed E-state index contributed by atoms with van der Waals surface area (Å²) in [6.45, 7) is 5.71. The van der Waals surface area contributed by atoms with Crippen LogP contribution in [0.15, 0.2) is 36.7 Å². The molecule has 1 aromatic carbocycles. The summed E-state index contributed by atoms with van der Waals surface area (Å²) in [5, 5.41) is 0. The van der Waals surface area contributed by atoms with Crippen LogP contribution in [0.4, 0.5) is 5.82 Å². The van der Waals surface area contributed by atoms with Crippen molar-refractivity contribution in [2.75, 3.05) is 24.5 Å². The van der Waals surface area contributed by atoms with Crippen molar-refractivity contribution in [3.63, 3.8) is 0 Å². The van der Waals surface area contributed by atoms with Gasteiger partial charge in [-0.25, -0.2) is 9.97 Å². The molecular formula is C20H24N4O. The number of piperidine rings is 1. The summed E-state index contributed by atoms with van der Waals surface area (Å²) in [5.74, 6) is 1.65. The highest BCUT2D eigenvalue weighted by molar-refractivity contribution is 5.93. The van der Waals surface area contributed by atoms with Gasteiger partial charge >= 0.3 is 0 Å². The van der Waals surface area contributed by atoms with Crippen molar-refractivity contribution < 1.29 is 4.79 Å². The monoisotopic (exact) mass is 336 g/mol. The molecular weight excluding hydrogens is 312 g/mol. The van der Waals surface area contributed by atoms with Crippen LogP contribution in [0.1, 0.15) is 41.4 Å². The van der Waals surface area contributed by atoms with E-state index in [0.29, 0.717) is 12.2 Å². The van der Waals surface area contributed by atoms with E-state index in [4.69, 9.17) is 0 Å². The molecule has 25 heavy (non-hydrogen) atoms. The van der Waals surface area contributed by atoms with Crippen LogP contribution < -0.4 is 4.90 Å². The lowest BCUT2D eigenvalue weighted by atomic mass is 9.99. The van der Waals surface area contributed by atoms with Crippen LogP contribution >= 0.6 is 0 Å². The molecule has 2 aliphatic rings. The zero-order valence-electron chi connectivity index (χ0n) is 14.7. The molecule has 130 valence electrons. The van der Waals surface area contributed by atoms with Crippen molar-refractivity contribution in [3.8, 4) is 0 Å². The summed E-state index contributed by atoms with van der Waals surface area (Å²) in [5.41, 5.74) is 3.08. The molecule has 2 aliphatic heterocycles. The van der Waals surface area contributed by atoms with Gasteiger partial charge in [0.25, 0.3) is 5.91 Å². The smallest absolute Gasteiger partial charge is 0.272 e. The fraction of sp³-hybridized carbons (Fsp3) is 0.450. The third-order valence-corrected chi connectivity index (χ3v) is 5.40. The van der Waals surface area contributed by atoms with Crippen molar-refractivity contribution in [1.29, 1.82) is 0 Å². The van der Waals surface area contributed by atoms with Crippen LogP contribution in [0.2, 0.25) is 0 Å². The highest BCUT2D eigenvalue weighted by atomic mass is 16.2. The molecule has 2 aromatic rings. The minimum Gasteiger partial charge on any atom is -0.356 e. The Hall–Kier alpha value is -2.43. The first kappa shape index (κ1) is 16.1. The molecule has 0 radical (unpaired) electrons. The summed E-state index contributed by atoms with van der Waals surface area (Å²) in [6, 6.07) is 10.2. The van der Waals surface area contributed by atoms with Gasteiger partial charge in [0.2, 0.25) is 0 Å². The zero-order chi connectivity index (χ0) is 17.2. The predicted octanol–water partition coefficient (Wildman–Crippen LogP) is 2.91. The van der Waals surface area contributed by atoms with Crippen molar-refractivity contribution in [1.82, 2.24) is 14.9 Å². The molecule has 5 heteroatoms. The molecule has 1 aromatic heterocycles. The fourth-order valence-electron chi connectivity index (χ4n) is 3.71. The predicted molar refractivity (Wildman–Crippen MR) is 97.5 cm³/mol. The summed E-state index contributed by atoms with van der Waals surface area (Å²) in [7, 11) is 0. The van der Waals surface area contributed by atoms with Crippen LogP contribution in [-0.4, -0.2) is 40.4 Å². The lowest BCUT2D eigenvalue weighted by Crippen LogP contribution is -2.37. The quantitative estimate of drug-likeness (QED) is 0.846. The molecule has 1 saturated heterocycles. The Morgan fingerprint density at radius 3 is 2.64 bits per heavy atom. The summed E-state index contributed by atoms with van der Waals surface area (Å²) in [6.07, 6.45) is 4.79. The van der Waals surface area contributed by atoms with Gasteiger partial charge in [-0.05, 0) is 36.3 Å². The Balaban J connectivity index is 1.50. The maximum absolute atomic E-state index is 12.9. The van der Waals surface area contributed by atoms with Crippen molar-refractivity contribution >= 4 is 11.7 Å². The third-order valence-electron chi connectivity index (χ3n) is 5.40. The highest BCUT2D eigenvalue weighted by Crippen LogP contribution is 2.23. The number of rotatable bonds is 2. The van der Waals surface area contributed by atoms with Gasteiger partial charge in [-0.15, -0.1) is 0 Å². The van der Waals surface area contributed by atoms with E-state index in [0.717, 1.165) is 37.8 Å². The van der Waals surface area contributed by atoms with Crippen molar-refractivity contribution in [3.05, 3.63) is 53.5 Å². The fourth-order valence-corrected chi connectivity index (χ4v) is 3.71. The molecule has 0 bridgehead atoms. The zero-order valence-corrected chi connectivity index (χ0v) is 14.7. The second kappa shape index (κ2) is 6.82. The summed E-state index contributed by atoms with van der Waals surface area (Å²) < 4.78 is 0. The first-order valence-corrected chi connectivity index (χ1v) is 9.14. The van der Waals surface area contributed by atoms with Crippen molar-refractivity contribution in [2.45, 2.75) is 32.7 Å². The van der Waals surface area contributed by atoms with Gasteiger partial charge in [-0.1, -0.05) is 31.2 Å². The number of fused-ring (bicyclic) bond motifs is 1. The summed E-state index contributed by atoms with van der Waals surface area (Å²) in [4.78, 5) is 25.7. The van der Waals surface area contributed by atoms with Crippen LogP contribution in [0.3, 0.4) is 0 Å². The van der Waals surface area contributed by atoms with Gasteiger partial charge in [-0.2, -0.15) is 0 Å². The average Bonchev–Trinajstić information content (AvgIpc) is 2.68. The largest absolute Gasteiger partial charge is 0.356 e. The van der Waals surface area contributed by atoms with Gasteiger partial charge in [-0.3, -0.25) is 4.79 Å². The van der Waals surface area contributed by atoms with E-state index < -0.39 is 0 Å². The van der Waals surface area contributed by atoms with Gasteiger partial charge in [0, 0.05) is 32.2 Å². The Morgan fingerprint density at radius 1 is 1.08 bits per heavy atom. The maximum atomic E-state index is 12.9. The average molecular weight is 336 g/mol. The van der Waals surface area contributed by atoms with E-state index in [1.54, 1.807) is 0 Å². The molecule has 0 aliphatic carbocycles. The topological polar surface area (TPSA) is 49.3 Å². The number of carbonyl (C=O) groups excluding carboxylic acids is 1. The van der Waals surface area contributed by atoms with Crippen LogP contribution in [0, 0.1) is 5.92 Å². The molecule has 0 atom stereocenters. The minimum absolute atomic E-state index is 0.00327. The van der Waals surface area contributed by atoms with E-state index in [1.807, 2.05) is 17.0 Å². The number of benzene rings is 1. The van der Waals surface area contributed by atoms with Gasteiger partial charge in [0.05, 0.1) is 0 Å². The number of anilines is 1. The van der Waals surface area contributed by atoms with E-state index in [2.05, 4.69) is 40.0 Å². The van der Waals surface area contributed by atoms with E-state index in [1.165, 1.54) is 30.3 Å². The second-order valence-corrected chi connectivity index (χ2v) is 7.18. The second-order valence-electron chi connectivity index (χ2n) is 7.18. The normalized spacial score (nSPS) is 18.1. The first-order chi connectivity index (χ1) is 12.2. The van der Waals surface area contributed by atoms with E-state index in [-0.39, 0.29) is 5.91 Å². The molecule has 1 fully saturated rings. The number of amides is 1. The minimum atomic E-state index is 0.00327. The lowest BCUT2D eigenvalue weighted by Gasteiger charge is -2.31. The van der Waals surface area contributed by atoms with Crippen LogP contribution in [0.5, 0.6) is 0 Å². The maximum Gasteiger partial charge on any atom is 0.272 e. The van der Waals surface area contributed by atoms with Gasteiger partial charge in [0.1, 0.15) is 17.8 Å². The molecule has 4 rings (SSSR count). The van der Waals surface area contributed by atoms with Crippen LogP contribution in [-0.2, 0) is 13.0 Å². The molecule has 0 N–H and O–H groups in total. The number of carbonyl (C=O) groups is 1. The molecule has 5 nitrogen and oxygen atoms in total.